The van der Waals surface area contributed by atoms with Crippen LogP contribution in [0.15, 0.2) is 53.8 Å². The summed E-state index contributed by atoms with van der Waals surface area (Å²) in [7, 11) is 0. The van der Waals surface area contributed by atoms with Crippen LogP contribution in [0.4, 0.5) is 5.69 Å². The molecule has 0 amide bonds. The maximum atomic E-state index is 4.41. The van der Waals surface area contributed by atoms with Crippen LogP contribution in [0.2, 0.25) is 0 Å². The molecule has 3 nitrogen and oxygen atoms in total. The Morgan fingerprint density at radius 2 is 1.70 bits per heavy atom. The molecule has 0 saturated carbocycles. The van der Waals surface area contributed by atoms with E-state index < -0.39 is 0 Å². The van der Waals surface area contributed by atoms with Crippen molar-refractivity contribution in [3.8, 4) is 0 Å². The van der Waals surface area contributed by atoms with Gasteiger partial charge in [-0.1, -0.05) is 35.9 Å². The molecule has 0 unspecified atom stereocenters. The van der Waals surface area contributed by atoms with Crippen molar-refractivity contribution in [3.63, 3.8) is 0 Å². The fraction of sp³-hybridized carbons (Fsp3) is 0.158. The molecule has 0 fully saturated rings. The van der Waals surface area contributed by atoms with Crippen LogP contribution in [0.25, 0.3) is 10.9 Å². The van der Waals surface area contributed by atoms with Gasteiger partial charge in [-0.05, 0) is 44.0 Å². The van der Waals surface area contributed by atoms with Crippen LogP contribution < -0.4 is 5.43 Å². The number of nitrogens with one attached hydrogen (secondary N) is 1. The maximum absolute atomic E-state index is 4.41. The Hall–Kier alpha value is -2.39. The molecule has 0 aliphatic heterocycles. The number of nitrogens with zero attached hydrogens (tertiary/aromatic N) is 2. The zero-order valence-electron chi connectivity index (χ0n) is 13.5. The molecule has 0 saturated heterocycles. The van der Waals surface area contributed by atoms with Crippen LogP contribution in [-0.4, -0.2) is 11.2 Å². The molecular weight excluding hydrogens is 306 g/mol. The molecule has 0 radical (unpaired) electrons. The van der Waals surface area contributed by atoms with Gasteiger partial charge in [-0.3, -0.25) is 10.4 Å². The van der Waals surface area contributed by atoms with E-state index in [2.05, 4.69) is 48.4 Å². The predicted molar refractivity (Wildman–Crippen MR) is 101 cm³/mol. The van der Waals surface area contributed by atoms with E-state index in [-0.39, 0.29) is 12.4 Å². The molecule has 1 heterocycles. The first-order valence-electron chi connectivity index (χ1n) is 7.36. The van der Waals surface area contributed by atoms with E-state index in [9.17, 15) is 0 Å². The van der Waals surface area contributed by atoms with Gasteiger partial charge < -0.3 is 0 Å². The molecule has 0 atom stereocenters. The number of anilines is 1. The van der Waals surface area contributed by atoms with Crippen molar-refractivity contribution in [1.82, 2.24) is 4.98 Å². The third kappa shape index (κ3) is 3.69. The Balaban J connectivity index is 0.00000192. The van der Waals surface area contributed by atoms with E-state index in [0.29, 0.717) is 0 Å². The van der Waals surface area contributed by atoms with Crippen LogP contribution in [0.3, 0.4) is 0 Å². The maximum Gasteiger partial charge on any atom is 0.0723 e. The van der Waals surface area contributed by atoms with E-state index in [1.165, 1.54) is 16.7 Å². The standard InChI is InChI=1S/C19H19N3.ClH/c1-13-10-14(2)17(15(3)11-13)12-21-22-19-8-9-20-18-7-5-4-6-16(18)19;/h4-12H,1-3H3,(H,20,22);1H. The summed E-state index contributed by atoms with van der Waals surface area (Å²) in [5.74, 6) is 0. The highest BCUT2D eigenvalue weighted by Crippen LogP contribution is 2.21. The first kappa shape index (κ1) is 17.0. The zero-order chi connectivity index (χ0) is 15.5. The SMILES string of the molecule is Cc1cc(C)c(C=NNc2ccnc3ccccc23)c(C)c1.Cl. The number of hydrazone groups is 1. The molecule has 1 aromatic heterocycles. The largest absolute Gasteiger partial charge is 0.278 e. The lowest BCUT2D eigenvalue weighted by Gasteiger charge is -2.08. The van der Waals surface area contributed by atoms with Gasteiger partial charge in [-0.2, -0.15) is 5.10 Å². The van der Waals surface area contributed by atoms with E-state index in [1.54, 1.807) is 6.20 Å². The Morgan fingerprint density at radius 3 is 2.43 bits per heavy atom. The number of hydrogen-bond donors (Lipinski definition) is 1. The normalized spacial score (nSPS) is 10.7. The van der Waals surface area contributed by atoms with Crippen molar-refractivity contribution in [2.24, 2.45) is 5.10 Å². The lowest BCUT2D eigenvalue weighted by atomic mass is 10.0. The monoisotopic (exact) mass is 325 g/mol. The fourth-order valence-electron chi connectivity index (χ4n) is 2.75. The van der Waals surface area contributed by atoms with E-state index in [1.807, 2.05) is 36.5 Å². The molecule has 0 aliphatic rings. The Morgan fingerprint density at radius 1 is 1.00 bits per heavy atom. The molecule has 0 bridgehead atoms. The van der Waals surface area contributed by atoms with Crippen molar-refractivity contribution < 1.29 is 0 Å². The Labute approximate surface area is 142 Å². The van der Waals surface area contributed by atoms with Gasteiger partial charge in [-0.15, -0.1) is 12.4 Å². The quantitative estimate of drug-likeness (QED) is 0.542. The minimum Gasteiger partial charge on any atom is -0.278 e. The summed E-state index contributed by atoms with van der Waals surface area (Å²) in [6.07, 6.45) is 3.68. The first-order valence-corrected chi connectivity index (χ1v) is 7.36. The van der Waals surface area contributed by atoms with Crippen LogP contribution in [0.5, 0.6) is 0 Å². The predicted octanol–water partition coefficient (Wildman–Crippen LogP) is 5.03. The number of rotatable bonds is 3. The Kier molecular flexibility index (Phi) is 5.35. The molecule has 118 valence electrons. The van der Waals surface area contributed by atoms with Gasteiger partial charge in [0.05, 0.1) is 17.4 Å². The molecule has 4 heteroatoms. The summed E-state index contributed by atoms with van der Waals surface area (Å²) in [6.45, 7) is 6.34. The number of pyridine rings is 1. The van der Waals surface area contributed by atoms with Crippen LogP contribution in [0.1, 0.15) is 22.3 Å². The average molecular weight is 326 g/mol. The zero-order valence-corrected chi connectivity index (χ0v) is 14.3. The summed E-state index contributed by atoms with van der Waals surface area (Å²) >= 11 is 0. The van der Waals surface area contributed by atoms with Crippen LogP contribution in [0, 0.1) is 20.8 Å². The lowest BCUT2D eigenvalue weighted by molar-refractivity contribution is 1.29. The molecule has 1 N–H and O–H groups in total. The van der Waals surface area contributed by atoms with Crippen LogP contribution in [-0.2, 0) is 0 Å². The summed E-state index contributed by atoms with van der Waals surface area (Å²) in [5.41, 5.74) is 9.98. The van der Waals surface area contributed by atoms with Crippen molar-refractivity contribution in [2.75, 3.05) is 5.43 Å². The van der Waals surface area contributed by atoms with Gasteiger partial charge in [0.1, 0.15) is 0 Å². The van der Waals surface area contributed by atoms with Crippen molar-refractivity contribution >= 4 is 35.2 Å². The van der Waals surface area contributed by atoms with Crippen LogP contribution >= 0.6 is 12.4 Å². The summed E-state index contributed by atoms with van der Waals surface area (Å²) in [4.78, 5) is 4.35. The highest BCUT2D eigenvalue weighted by atomic mass is 35.5. The number of halogens is 1. The molecular formula is C19H20ClN3. The molecule has 3 rings (SSSR count). The van der Waals surface area contributed by atoms with Crippen molar-refractivity contribution in [3.05, 3.63) is 70.9 Å². The molecule has 3 aromatic rings. The van der Waals surface area contributed by atoms with Gasteiger partial charge >= 0.3 is 0 Å². The van der Waals surface area contributed by atoms with Crippen molar-refractivity contribution in [2.45, 2.75) is 20.8 Å². The molecule has 0 aliphatic carbocycles. The number of benzene rings is 2. The van der Waals surface area contributed by atoms with E-state index in [0.717, 1.165) is 22.2 Å². The third-order valence-corrected chi connectivity index (χ3v) is 3.77. The lowest BCUT2D eigenvalue weighted by Crippen LogP contribution is -1.97. The molecule has 23 heavy (non-hydrogen) atoms. The first-order chi connectivity index (χ1) is 10.6. The number of para-hydroxylation sites is 1. The number of aromatic nitrogens is 1. The molecule has 0 spiro atoms. The second-order valence-electron chi connectivity index (χ2n) is 5.56. The Bertz CT molecular complexity index is 828. The average Bonchev–Trinajstić information content (AvgIpc) is 2.50. The minimum atomic E-state index is 0. The highest BCUT2D eigenvalue weighted by Gasteiger charge is 2.02. The topological polar surface area (TPSA) is 37.3 Å². The summed E-state index contributed by atoms with van der Waals surface area (Å²) in [5, 5.41) is 5.48. The minimum absolute atomic E-state index is 0. The van der Waals surface area contributed by atoms with Gasteiger partial charge in [-0.25, -0.2) is 0 Å². The van der Waals surface area contributed by atoms with E-state index in [4.69, 9.17) is 0 Å². The number of fused-ring (bicyclic) bond motifs is 1. The third-order valence-electron chi connectivity index (χ3n) is 3.77. The second kappa shape index (κ2) is 7.25. The van der Waals surface area contributed by atoms with E-state index >= 15 is 0 Å². The van der Waals surface area contributed by atoms with Gasteiger partial charge in [0.2, 0.25) is 0 Å². The van der Waals surface area contributed by atoms with Gasteiger partial charge in [0.15, 0.2) is 0 Å². The second-order valence-corrected chi connectivity index (χ2v) is 5.56. The summed E-state index contributed by atoms with van der Waals surface area (Å²) in [6, 6.07) is 14.3. The number of hydrogen-bond acceptors (Lipinski definition) is 3. The number of aryl methyl sites for hydroxylation is 3. The van der Waals surface area contributed by atoms with Gasteiger partial charge in [0.25, 0.3) is 0 Å². The van der Waals surface area contributed by atoms with Crippen molar-refractivity contribution in [1.29, 1.82) is 0 Å². The molecule has 2 aromatic carbocycles. The fourth-order valence-corrected chi connectivity index (χ4v) is 2.75. The van der Waals surface area contributed by atoms with Gasteiger partial charge in [0, 0.05) is 17.1 Å². The highest BCUT2D eigenvalue weighted by molar-refractivity contribution is 5.91. The summed E-state index contributed by atoms with van der Waals surface area (Å²) < 4.78 is 0. The smallest absolute Gasteiger partial charge is 0.0723 e.